The van der Waals surface area contributed by atoms with E-state index >= 15 is 0 Å². The zero-order valence-electron chi connectivity index (χ0n) is 29.4. The number of benzene rings is 5. The molecule has 4 heteroatoms. The van der Waals surface area contributed by atoms with E-state index in [1.165, 1.54) is 0 Å². The quantitative estimate of drug-likeness (QED) is 0.136. The number of nitrogens with zero attached hydrogens (tertiary/aromatic N) is 4. The van der Waals surface area contributed by atoms with E-state index < -0.39 is 0 Å². The van der Waals surface area contributed by atoms with Gasteiger partial charge in [-0.05, 0) is 82.6 Å². The van der Waals surface area contributed by atoms with Crippen LogP contribution in [0.25, 0.3) is 67.6 Å². The monoisotopic (exact) mass is 670 g/mol. The van der Waals surface area contributed by atoms with Gasteiger partial charge in [-0.1, -0.05) is 153 Å². The van der Waals surface area contributed by atoms with Crippen LogP contribution in [0.2, 0.25) is 0 Å². The summed E-state index contributed by atoms with van der Waals surface area (Å²) in [5.41, 5.74) is 13.3. The Balaban J connectivity index is 1.43. The summed E-state index contributed by atoms with van der Waals surface area (Å²) in [6.45, 7) is 12.4. The van der Waals surface area contributed by atoms with Crippen molar-refractivity contribution in [3.8, 4) is 56.4 Å². The van der Waals surface area contributed by atoms with Crippen molar-refractivity contribution in [2.75, 3.05) is 0 Å². The van der Waals surface area contributed by atoms with Gasteiger partial charge in [-0.3, -0.25) is 4.98 Å². The van der Waals surface area contributed by atoms with Crippen molar-refractivity contribution in [2.24, 2.45) is 0 Å². The standard InChI is InChI=1S/C48H38N4/c1-5-7-17-33(3)43-22-14-15-23-45(43)42(6-2)40-30-39(35-25-27-36(28-26-35)44-24-16-29-49-34(44)4)31-41(32-40)48-51-46(37-18-10-8-11-19-37)50-47(52-48)38-20-12-9-13-21-38/h5-32H,1,3H2,2,4H3/b17-7-,42-6-. The lowest BCUT2D eigenvalue weighted by molar-refractivity contribution is 1.07. The number of aryl methyl sites for hydroxylation is 1. The van der Waals surface area contributed by atoms with Crippen molar-refractivity contribution >= 4 is 11.1 Å². The molecule has 250 valence electrons. The van der Waals surface area contributed by atoms with E-state index in [1.54, 1.807) is 6.08 Å². The summed E-state index contributed by atoms with van der Waals surface area (Å²) in [6.07, 6.45) is 9.67. The lowest BCUT2D eigenvalue weighted by atomic mass is 9.88. The summed E-state index contributed by atoms with van der Waals surface area (Å²) in [7, 11) is 0. The summed E-state index contributed by atoms with van der Waals surface area (Å²) in [4.78, 5) is 19.6. The molecule has 0 saturated carbocycles. The Kier molecular flexibility index (Phi) is 9.99. The Morgan fingerprint density at radius 1 is 0.558 bits per heavy atom. The Hall–Kier alpha value is -6.78. The molecule has 0 radical (unpaired) electrons. The Labute approximate surface area is 306 Å². The first-order valence-electron chi connectivity index (χ1n) is 17.3. The van der Waals surface area contributed by atoms with Crippen LogP contribution < -0.4 is 0 Å². The molecule has 0 atom stereocenters. The lowest BCUT2D eigenvalue weighted by Crippen LogP contribution is -2.01. The highest BCUT2D eigenvalue weighted by molar-refractivity contribution is 5.91. The Morgan fingerprint density at radius 3 is 1.71 bits per heavy atom. The van der Waals surface area contributed by atoms with Crippen molar-refractivity contribution in [1.82, 2.24) is 19.9 Å². The fourth-order valence-electron chi connectivity index (χ4n) is 6.40. The molecule has 0 aliphatic carbocycles. The molecule has 2 aromatic heterocycles. The second kappa shape index (κ2) is 15.4. The van der Waals surface area contributed by atoms with Crippen LogP contribution in [-0.4, -0.2) is 19.9 Å². The number of pyridine rings is 1. The summed E-state index contributed by atoms with van der Waals surface area (Å²) >= 11 is 0. The predicted octanol–water partition coefficient (Wildman–Crippen LogP) is 12.1. The molecule has 2 heterocycles. The van der Waals surface area contributed by atoms with E-state index in [0.717, 1.165) is 72.5 Å². The smallest absolute Gasteiger partial charge is 0.164 e. The second-order valence-electron chi connectivity index (χ2n) is 12.4. The van der Waals surface area contributed by atoms with Crippen LogP contribution in [0.4, 0.5) is 0 Å². The van der Waals surface area contributed by atoms with Crippen LogP contribution in [0.1, 0.15) is 29.3 Å². The molecule has 0 spiro atoms. The van der Waals surface area contributed by atoms with Gasteiger partial charge in [-0.25, -0.2) is 15.0 Å². The minimum absolute atomic E-state index is 0.598. The third-order valence-corrected chi connectivity index (χ3v) is 9.02. The molecule has 4 nitrogen and oxygen atoms in total. The zero-order valence-corrected chi connectivity index (χ0v) is 29.4. The summed E-state index contributed by atoms with van der Waals surface area (Å²) in [6, 6.07) is 47.9. The fraction of sp³-hybridized carbons (Fsp3) is 0.0417. The van der Waals surface area contributed by atoms with Crippen LogP contribution in [0, 0.1) is 6.92 Å². The number of rotatable bonds is 10. The first-order chi connectivity index (χ1) is 25.5. The fourth-order valence-corrected chi connectivity index (χ4v) is 6.40. The third kappa shape index (κ3) is 7.23. The Bertz CT molecular complexity index is 2380. The highest BCUT2D eigenvalue weighted by atomic mass is 15.0. The van der Waals surface area contributed by atoms with Crippen molar-refractivity contribution in [3.63, 3.8) is 0 Å². The van der Waals surface area contributed by atoms with Gasteiger partial charge >= 0.3 is 0 Å². The van der Waals surface area contributed by atoms with Crippen LogP contribution in [0.15, 0.2) is 183 Å². The molecule has 0 bridgehead atoms. The number of hydrogen-bond donors (Lipinski definition) is 0. The molecule has 0 N–H and O–H groups in total. The minimum atomic E-state index is 0.598. The largest absolute Gasteiger partial charge is 0.261 e. The normalized spacial score (nSPS) is 11.5. The lowest BCUT2D eigenvalue weighted by Gasteiger charge is -2.17. The molecule has 0 fully saturated rings. The molecule has 0 saturated heterocycles. The van der Waals surface area contributed by atoms with Crippen LogP contribution in [-0.2, 0) is 0 Å². The minimum Gasteiger partial charge on any atom is -0.261 e. The van der Waals surface area contributed by atoms with Crippen molar-refractivity contribution in [2.45, 2.75) is 13.8 Å². The Morgan fingerprint density at radius 2 is 1.12 bits per heavy atom. The maximum Gasteiger partial charge on any atom is 0.164 e. The molecule has 0 amide bonds. The van der Waals surface area contributed by atoms with Crippen LogP contribution in [0.3, 0.4) is 0 Å². The number of aromatic nitrogens is 4. The summed E-state index contributed by atoms with van der Waals surface area (Å²) < 4.78 is 0. The maximum atomic E-state index is 5.09. The van der Waals surface area contributed by atoms with Crippen molar-refractivity contribution in [1.29, 1.82) is 0 Å². The second-order valence-corrected chi connectivity index (χ2v) is 12.4. The van der Waals surface area contributed by atoms with Crippen LogP contribution in [0.5, 0.6) is 0 Å². The molecule has 7 aromatic rings. The molecule has 0 aliphatic rings. The average molecular weight is 671 g/mol. The predicted molar refractivity (Wildman–Crippen MR) is 217 cm³/mol. The highest BCUT2D eigenvalue weighted by Gasteiger charge is 2.17. The van der Waals surface area contributed by atoms with Crippen LogP contribution >= 0.6 is 0 Å². The van der Waals surface area contributed by atoms with E-state index in [2.05, 4.69) is 97.9 Å². The van der Waals surface area contributed by atoms with Gasteiger partial charge in [0.05, 0.1) is 0 Å². The summed E-state index contributed by atoms with van der Waals surface area (Å²) in [5.74, 6) is 1.84. The van der Waals surface area contributed by atoms with E-state index in [4.69, 9.17) is 15.0 Å². The molecule has 0 unspecified atom stereocenters. The molecule has 0 aliphatic heterocycles. The molecular formula is C48H38N4. The van der Waals surface area contributed by atoms with Gasteiger partial charge in [0.1, 0.15) is 0 Å². The van der Waals surface area contributed by atoms with Gasteiger partial charge in [0.15, 0.2) is 17.5 Å². The number of hydrogen-bond acceptors (Lipinski definition) is 4. The van der Waals surface area contributed by atoms with Gasteiger partial charge in [0.2, 0.25) is 0 Å². The average Bonchev–Trinajstić information content (AvgIpc) is 3.21. The van der Waals surface area contributed by atoms with E-state index in [0.29, 0.717) is 17.5 Å². The van der Waals surface area contributed by atoms with Gasteiger partial charge in [0.25, 0.3) is 0 Å². The van der Waals surface area contributed by atoms with Gasteiger partial charge in [0, 0.05) is 34.1 Å². The molecule has 52 heavy (non-hydrogen) atoms. The topological polar surface area (TPSA) is 51.6 Å². The SMILES string of the molecule is C=C/C=C\C(=C)c1ccccc1/C(=C\C)c1cc(-c2ccc(-c3cccnc3C)cc2)cc(-c2nc(-c3ccccc3)nc(-c3ccccc3)n2)c1. The van der Waals surface area contributed by atoms with E-state index in [9.17, 15) is 0 Å². The first kappa shape index (κ1) is 33.7. The third-order valence-electron chi connectivity index (χ3n) is 9.02. The van der Waals surface area contributed by atoms with E-state index in [1.807, 2.05) is 98.1 Å². The first-order valence-corrected chi connectivity index (χ1v) is 17.3. The van der Waals surface area contributed by atoms with E-state index in [-0.39, 0.29) is 0 Å². The van der Waals surface area contributed by atoms with Gasteiger partial charge < -0.3 is 0 Å². The van der Waals surface area contributed by atoms with Crippen molar-refractivity contribution < 1.29 is 0 Å². The summed E-state index contributed by atoms with van der Waals surface area (Å²) in [5, 5.41) is 0. The van der Waals surface area contributed by atoms with Gasteiger partial charge in [-0.2, -0.15) is 0 Å². The molecule has 5 aromatic carbocycles. The molecular weight excluding hydrogens is 633 g/mol. The van der Waals surface area contributed by atoms with Crippen molar-refractivity contribution in [3.05, 3.63) is 206 Å². The maximum absolute atomic E-state index is 5.09. The zero-order chi connectivity index (χ0) is 35.9. The highest BCUT2D eigenvalue weighted by Crippen LogP contribution is 2.37. The number of allylic oxidation sites excluding steroid dienone is 5. The van der Waals surface area contributed by atoms with Gasteiger partial charge in [-0.15, -0.1) is 0 Å². The molecule has 7 rings (SSSR count).